The lowest BCUT2D eigenvalue weighted by molar-refractivity contribution is -0.124. The Balaban J connectivity index is 1.62. The van der Waals surface area contributed by atoms with Gasteiger partial charge in [0.25, 0.3) is 5.91 Å². The van der Waals surface area contributed by atoms with Gasteiger partial charge in [0.15, 0.2) is 16.4 Å². The van der Waals surface area contributed by atoms with Crippen LogP contribution in [0.4, 0.5) is 0 Å². The zero-order valence-corrected chi connectivity index (χ0v) is 18.4. The van der Waals surface area contributed by atoms with Crippen LogP contribution in [0.15, 0.2) is 21.3 Å². The molecule has 0 aliphatic carbocycles. The molecule has 1 amide bonds. The highest BCUT2D eigenvalue weighted by atomic mass is 32.2. The van der Waals surface area contributed by atoms with Crippen molar-refractivity contribution in [3.05, 3.63) is 33.7 Å². The number of ether oxygens (including phenoxy) is 2. The summed E-state index contributed by atoms with van der Waals surface area (Å²) in [5, 5.41) is 12.9. The molecule has 9 nitrogen and oxygen atoms in total. The number of hydrogen-bond donors (Lipinski definition) is 2. The van der Waals surface area contributed by atoms with Gasteiger partial charge in [-0.3, -0.25) is 4.79 Å². The second-order valence-corrected chi connectivity index (χ2v) is 10.9. The number of rotatable bonds is 4. The first kappa shape index (κ1) is 21.6. The van der Waals surface area contributed by atoms with Gasteiger partial charge in [-0.1, -0.05) is 0 Å². The van der Waals surface area contributed by atoms with E-state index < -0.39 is 45.7 Å². The Morgan fingerprint density at radius 2 is 2.06 bits per heavy atom. The summed E-state index contributed by atoms with van der Waals surface area (Å²) in [6, 6.07) is 2.17. The van der Waals surface area contributed by atoms with Crippen molar-refractivity contribution in [3.63, 3.8) is 0 Å². The van der Waals surface area contributed by atoms with E-state index in [1.807, 2.05) is 13.8 Å². The van der Waals surface area contributed by atoms with Gasteiger partial charge < -0.3 is 24.3 Å². The number of carbonyl (C=O) groups is 1. The minimum absolute atomic E-state index is 0.311. The third kappa shape index (κ3) is 4.40. The second-order valence-electron chi connectivity index (χ2n) is 8.77. The molecule has 0 bridgehead atoms. The van der Waals surface area contributed by atoms with E-state index in [-0.39, 0.29) is 11.5 Å². The van der Waals surface area contributed by atoms with Crippen LogP contribution in [0.2, 0.25) is 0 Å². The van der Waals surface area contributed by atoms with Gasteiger partial charge in [-0.15, -0.1) is 0 Å². The standard InChI is InChI=1S/C21H25NO8S/c1-11-6-18(25)29-20-12-4-5-21(2,3)30-15(12)7-16(19(11)20)28-8-17(24)22-13-9-31(26,27)10-14(13)23/h6-7,13-14,23H,4-5,8-10H2,1-3H3,(H,22,24). The first-order valence-corrected chi connectivity index (χ1v) is 11.9. The molecule has 1 aromatic carbocycles. The van der Waals surface area contributed by atoms with Gasteiger partial charge >= 0.3 is 5.63 Å². The number of fused-ring (bicyclic) bond motifs is 3. The third-order valence-electron chi connectivity index (χ3n) is 5.63. The lowest BCUT2D eigenvalue weighted by atomic mass is 9.92. The number of benzene rings is 1. The van der Waals surface area contributed by atoms with Crippen LogP contribution in [0.25, 0.3) is 11.0 Å². The van der Waals surface area contributed by atoms with Crippen LogP contribution < -0.4 is 20.4 Å². The van der Waals surface area contributed by atoms with E-state index in [1.165, 1.54) is 6.07 Å². The summed E-state index contributed by atoms with van der Waals surface area (Å²) in [6.07, 6.45) is 0.271. The maximum absolute atomic E-state index is 12.3. The van der Waals surface area contributed by atoms with E-state index in [4.69, 9.17) is 13.9 Å². The molecule has 168 valence electrons. The number of aliphatic hydroxyl groups is 1. The molecule has 0 saturated carbocycles. The first-order valence-electron chi connectivity index (χ1n) is 10.0. The maximum Gasteiger partial charge on any atom is 0.336 e. The number of sulfone groups is 1. The molecule has 2 atom stereocenters. The fourth-order valence-corrected chi connectivity index (χ4v) is 5.83. The largest absolute Gasteiger partial charge is 0.487 e. The molecule has 2 unspecified atom stereocenters. The topological polar surface area (TPSA) is 132 Å². The Morgan fingerprint density at radius 1 is 1.32 bits per heavy atom. The monoisotopic (exact) mass is 451 g/mol. The molecule has 3 heterocycles. The van der Waals surface area contributed by atoms with Crippen molar-refractivity contribution in [2.24, 2.45) is 0 Å². The quantitative estimate of drug-likeness (QED) is 0.654. The Morgan fingerprint density at radius 3 is 2.74 bits per heavy atom. The van der Waals surface area contributed by atoms with Crippen molar-refractivity contribution in [3.8, 4) is 11.5 Å². The lowest BCUT2D eigenvalue weighted by Crippen LogP contribution is -2.44. The van der Waals surface area contributed by atoms with E-state index in [2.05, 4.69) is 5.32 Å². The van der Waals surface area contributed by atoms with Gasteiger partial charge in [0.05, 0.1) is 29.0 Å². The number of nitrogens with one attached hydrogen (secondary N) is 1. The molecular weight excluding hydrogens is 426 g/mol. The normalized spacial score (nSPS) is 23.7. The fraction of sp³-hybridized carbons (Fsp3) is 0.524. The Bertz CT molecular complexity index is 1210. The highest BCUT2D eigenvalue weighted by Gasteiger charge is 2.37. The van der Waals surface area contributed by atoms with Crippen LogP contribution in [-0.4, -0.2) is 55.3 Å². The highest BCUT2D eigenvalue weighted by molar-refractivity contribution is 7.91. The van der Waals surface area contributed by atoms with Crippen LogP contribution in [0.1, 0.15) is 31.4 Å². The zero-order chi connectivity index (χ0) is 22.6. The summed E-state index contributed by atoms with van der Waals surface area (Å²) < 4.78 is 40.5. The van der Waals surface area contributed by atoms with Crippen LogP contribution in [0, 0.1) is 6.92 Å². The number of amides is 1. The van der Waals surface area contributed by atoms with Gasteiger partial charge in [-0.2, -0.15) is 0 Å². The second kappa shape index (κ2) is 7.52. The Hall–Kier alpha value is -2.59. The van der Waals surface area contributed by atoms with Crippen molar-refractivity contribution in [1.29, 1.82) is 0 Å². The predicted molar refractivity (Wildman–Crippen MR) is 112 cm³/mol. The van der Waals surface area contributed by atoms with Gasteiger partial charge in [0.1, 0.15) is 22.7 Å². The molecule has 4 rings (SSSR count). The fourth-order valence-electron chi connectivity index (χ4n) is 4.09. The molecular formula is C21H25NO8S. The lowest BCUT2D eigenvalue weighted by Gasteiger charge is -2.33. The average Bonchev–Trinajstić information content (AvgIpc) is 2.89. The highest BCUT2D eigenvalue weighted by Crippen LogP contribution is 2.42. The van der Waals surface area contributed by atoms with Gasteiger partial charge in [0.2, 0.25) is 0 Å². The summed E-state index contributed by atoms with van der Waals surface area (Å²) in [5.41, 5.74) is 0.927. The number of aliphatic hydroxyl groups excluding tert-OH is 1. The SMILES string of the molecule is Cc1cc(=O)oc2c3c(cc(OCC(=O)NC4CS(=O)(=O)CC4O)c12)OC(C)(C)CC3. The van der Waals surface area contributed by atoms with E-state index >= 15 is 0 Å². The van der Waals surface area contributed by atoms with E-state index in [9.17, 15) is 23.1 Å². The molecule has 1 aromatic heterocycles. The zero-order valence-electron chi connectivity index (χ0n) is 17.6. The molecule has 31 heavy (non-hydrogen) atoms. The molecule has 2 aromatic rings. The van der Waals surface area contributed by atoms with Crippen molar-refractivity contribution >= 4 is 26.7 Å². The minimum Gasteiger partial charge on any atom is -0.487 e. The molecule has 1 fully saturated rings. The van der Waals surface area contributed by atoms with Crippen molar-refractivity contribution in [1.82, 2.24) is 5.32 Å². The maximum atomic E-state index is 12.3. The molecule has 2 N–H and O–H groups in total. The molecule has 0 radical (unpaired) electrons. The summed E-state index contributed by atoms with van der Waals surface area (Å²) in [5.74, 6) is -0.398. The van der Waals surface area contributed by atoms with Gasteiger partial charge in [0, 0.05) is 17.7 Å². The minimum atomic E-state index is -3.38. The average molecular weight is 451 g/mol. The summed E-state index contributed by atoms with van der Waals surface area (Å²) in [7, 11) is -3.38. The van der Waals surface area contributed by atoms with E-state index in [0.717, 1.165) is 12.0 Å². The van der Waals surface area contributed by atoms with Crippen LogP contribution >= 0.6 is 0 Å². The van der Waals surface area contributed by atoms with Crippen LogP contribution in [-0.2, 0) is 21.1 Å². The summed E-state index contributed by atoms with van der Waals surface area (Å²) in [4.78, 5) is 24.3. The van der Waals surface area contributed by atoms with Crippen molar-refractivity contribution in [2.45, 2.75) is 51.4 Å². The summed E-state index contributed by atoms with van der Waals surface area (Å²) >= 11 is 0. The van der Waals surface area contributed by atoms with Crippen molar-refractivity contribution < 1.29 is 32.2 Å². The summed E-state index contributed by atoms with van der Waals surface area (Å²) in [6.45, 7) is 5.27. The molecule has 1 saturated heterocycles. The molecule has 0 spiro atoms. The number of hydrogen-bond acceptors (Lipinski definition) is 8. The predicted octanol–water partition coefficient (Wildman–Crippen LogP) is 0.858. The number of aryl methyl sites for hydroxylation is 2. The number of carbonyl (C=O) groups excluding carboxylic acids is 1. The third-order valence-corrected chi connectivity index (χ3v) is 7.35. The Labute approximate surface area is 179 Å². The molecule has 2 aliphatic rings. The van der Waals surface area contributed by atoms with Crippen LogP contribution in [0.5, 0.6) is 11.5 Å². The van der Waals surface area contributed by atoms with E-state index in [0.29, 0.717) is 34.5 Å². The first-order chi connectivity index (χ1) is 14.4. The van der Waals surface area contributed by atoms with Gasteiger partial charge in [-0.05, 0) is 39.2 Å². The molecule has 2 aliphatic heterocycles. The Kier molecular flexibility index (Phi) is 5.25. The van der Waals surface area contributed by atoms with Crippen LogP contribution in [0.3, 0.4) is 0 Å². The van der Waals surface area contributed by atoms with Gasteiger partial charge in [-0.25, -0.2) is 13.2 Å². The van der Waals surface area contributed by atoms with E-state index in [1.54, 1.807) is 13.0 Å². The van der Waals surface area contributed by atoms with Crippen molar-refractivity contribution in [2.75, 3.05) is 18.1 Å². The smallest absolute Gasteiger partial charge is 0.336 e. The molecule has 10 heteroatoms.